The van der Waals surface area contributed by atoms with Gasteiger partial charge >= 0.3 is 5.76 Å². The van der Waals surface area contributed by atoms with Crippen LogP contribution in [0.3, 0.4) is 0 Å². The third-order valence-electron chi connectivity index (χ3n) is 4.78. The van der Waals surface area contributed by atoms with E-state index in [0.29, 0.717) is 17.6 Å². The molecule has 25 heavy (non-hydrogen) atoms. The summed E-state index contributed by atoms with van der Waals surface area (Å²) in [5, 5.41) is 7.42. The zero-order chi connectivity index (χ0) is 17.4. The molecule has 1 aliphatic carbocycles. The molecule has 2 aromatic heterocycles. The maximum Gasteiger partial charge on any atom is 0.420 e. The van der Waals surface area contributed by atoms with Crippen LogP contribution >= 0.6 is 0 Å². The van der Waals surface area contributed by atoms with Gasteiger partial charge in [0.25, 0.3) is 0 Å². The number of carbonyl (C=O) groups excluding carboxylic acids is 1. The highest BCUT2D eigenvalue weighted by molar-refractivity contribution is 5.79. The molecule has 2 heterocycles. The van der Waals surface area contributed by atoms with Crippen LogP contribution in [0.4, 0.5) is 0 Å². The molecule has 0 saturated heterocycles. The zero-order valence-electron chi connectivity index (χ0n) is 14.1. The number of carbonyl (C=O) groups is 1. The molecule has 4 rings (SSSR count). The molecule has 0 atom stereocenters. The van der Waals surface area contributed by atoms with Gasteiger partial charge in [-0.2, -0.15) is 5.10 Å². The zero-order valence-corrected chi connectivity index (χ0v) is 14.1. The van der Waals surface area contributed by atoms with Crippen molar-refractivity contribution < 1.29 is 9.21 Å². The predicted octanol–water partition coefficient (Wildman–Crippen LogP) is 1.52. The third-order valence-corrected chi connectivity index (χ3v) is 4.78. The molecule has 0 aliphatic heterocycles. The van der Waals surface area contributed by atoms with Crippen molar-refractivity contribution in [3.05, 3.63) is 51.8 Å². The number of fused-ring (bicyclic) bond motifs is 2. The van der Waals surface area contributed by atoms with E-state index in [1.807, 2.05) is 17.8 Å². The number of benzene rings is 1. The van der Waals surface area contributed by atoms with Gasteiger partial charge in [0.15, 0.2) is 5.58 Å². The van der Waals surface area contributed by atoms with Crippen LogP contribution in [0.25, 0.3) is 11.1 Å². The molecule has 0 fully saturated rings. The van der Waals surface area contributed by atoms with Crippen LogP contribution in [0, 0.1) is 0 Å². The van der Waals surface area contributed by atoms with Gasteiger partial charge in [-0.15, -0.1) is 0 Å². The minimum absolute atomic E-state index is 0.0646. The highest BCUT2D eigenvalue weighted by Crippen LogP contribution is 2.23. The maximum atomic E-state index is 12.3. The molecule has 0 unspecified atom stereocenters. The number of oxazole rings is 1. The Morgan fingerprint density at radius 2 is 2.08 bits per heavy atom. The second kappa shape index (κ2) is 6.23. The largest absolute Gasteiger partial charge is 0.420 e. The van der Waals surface area contributed by atoms with Gasteiger partial charge in [0.2, 0.25) is 5.91 Å². The van der Waals surface area contributed by atoms with E-state index >= 15 is 0 Å². The Labute approximate surface area is 144 Å². The summed E-state index contributed by atoms with van der Waals surface area (Å²) < 4.78 is 8.42. The van der Waals surface area contributed by atoms with Crippen molar-refractivity contribution in [3.63, 3.8) is 0 Å². The number of amides is 1. The van der Waals surface area contributed by atoms with Crippen molar-refractivity contribution in [2.24, 2.45) is 7.05 Å². The summed E-state index contributed by atoms with van der Waals surface area (Å²) in [4.78, 5) is 24.3. The lowest BCUT2D eigenvalue weighted by molar-refractivity contribution is -0.121. The van der Waals surface area contributed by atoms with E-state index < -0.39 is 5.76 Å². The number of aryl methyl sites for hydroxylation is 1. The van der Waals surface area contributed by atoms with Crippen molar-refractivity contribution in [1.82, 2.24) is 19.7 Å². The first-order valence-corrected chi connectivity index (χ1v) is 8.52. The number of nitrogens with zero attached hydrogens (tertiary/aromatic N) is 3. The molecular formula is C18H20N4O3. The van der Waals surface area contributed by atoms with Crippen LogP contribution in [0.5, 0.6) is 0 Å². The van der Waals surface area contributed by atoms with E-state index in [-0.39, 0.29) is 12.5 Å². The molecule has 0 spiro atoms. The van der Waals surface area contributed by atoms with Gasteiger partial charge in [0.05, 0.1) is 17.8 Å². The van der Waals surface area contributed by atoms with E-state index in [0.717, 1.165) is 25.0 Å². The molecule has 7 heteroatoms. The highest BCUT2D eigenvalue weighted by atomic mass is 16.4. The topological polar surface area (TPSA) is 82.1 Å². The molecule has 1 aromatic carbocycles. The first kappa shape index (κ1) is 15.7. The highest BCUT2D eigenvalue weighted by Gasteiger charge is 2.20. The van der Waals surface area contributed by atoms with Gasteiger partial charge in [0.1, 0.15) is 6.54 Å². The van der Waals surface area contributed by atoms with Crippen LogP contribution < -0.4 is 11.1 Å². The summed E-state index contributed by atoms with van der Waals surface area (Å²) in [5.74, 6) is -0.754. The molecule has 0 saturated carbocycles. The smallest absolute Gasteiger partial charge is 0.408 e. The Morgan fingerprint density at radius 3 is 2.96 bits per heavy atom. The van der Waals surface area contributed by atoms with Crippen molar-refractivity contribution in [3.8, 4) is 0 Å². The van der Waals surface area contributed by atoms with Gasteiger partial charge in [-0.1, -0.05) is 12.1 Å². The van der Waals surface area contributed by atoms with E-state index in [9.17, 15) is 9.59 Å². The molecule has 0 bridgehead atoms. The summed E-state index contributed by atoms with van der Waals surface area (Å²) in [6.45, 7) is 0.317. The predicted molar refractivity (Wildman–Crippen MR) is 92.2 cm³/mol. The number of nitrogens with one attached hydrogen (secondary N) is 1. The number of aromatic nitrogens is 3. The second-order valence-electron chi connectivity index (χ2n) is 6.40. The van der Waals surface area contributed by atoms with Crippen LogP contribution in [0.15, 0.2) is 33.5 Å². The third kappa shape index (κ3) is 2.86. The van der Waals surface area contributed by atoms with Gasteiger partial charge in [-0.05, 0) is 43.4 Å². The van der Waals surface area contributed by atoms with Crippen LogP contribution in [0.1, 0.15) is 29.8 Å². The summed E-state index contributed by atoms with van der Waals surface area (Å²) in [7, 11) is 1.95. The molecule has 7 nitrogen and oxygen atoms in total. The summed E-state index contributed by atoms with van der Waals surface area (Å²) in [5.41, 5.74) is 4.57. The molecule has 3 aromatic rings. The molecule has 1 amide bonds. The minimum atomic E-state index is -0.522. The monoisotopic (exact) mass is 340 g/mol. The van der Waals surface area contributed by atoms with Crippen LogP contribution in [-0.2, 0) is 37.8 Å². The lowest BCUT2D eigenvalue weighted by atomic mass is 9.96. The van der Waals surface area contributed by atoms with Crippen LogP contribution in [-0.4, -0.2) is 20.3 Å². The standard InChI is InChI=1S/C18H20N4O3/c1-21-14-7-3-2-6-12(14)13(20-21)10-19-17(23)11-22-15-8-4-5-9-16(15)25-18(22)24/h4-5,8-9H,2-3,6-7,10-11H2,1H3,(H,19,23). The van der Waals surface area contributed by atoms with Crippen molar-refractivity contribution in [2.45, 2.75) is 38.8 Å². The van der Waals surface area contributed by atoms with Crippen molar-refractivity contribution in [2.75, 3.05) is 0 Å². The Kier molecular flexibility index (Phi) is 3.91. The van der Waals surface area contributed by atoms with E-state index in [1.165, 1.54) is 22.2 Å². The number of hydrogen-bond acceptors (Lipinski definition) is 4. The first-order chi connectivity index (χ1) is 12.1. The summed E-state index contributed by atoms with van der Waals surface area (Å²) in [6.07, 6.45) is 4.41. The molecule has 1 aliphatic rings. The Hall–Kier alpha value is -2.83. The fraction of sp³-hybridized carbons (Fsp3) is 0.389. The summed E-state index contributed by atoms with van der Waals surface area (Å²) >= 11 is 0. The van der Waals surface area contributed by atoms with Crippen molar-refractivity contribution in [1.29, 1.82) is 0 Å². The normalized spacial score (nSPS) is 13.8. The number of rotatable bonds is 4. The molecule has 0 radical (unpaired) electrons. The second-order valence-corrected chi connectivity index (χ2v) is 6.40. The molecular weight excluding hydrogens is 320 g/mol. The Morgan fingerprint density at radius 1 is 1.28 bits per heavy atom. The number of hydrogen-bond donors (Lipinski definition) is 1. The Balaban J connectivity index is 1.48. The lowest BCUT2D eigenvalue weighted by Crippen LogP contribution is -2.30. The molecule has 1 N–H and O–H groups in total. The van der Waals surface area contributed by atoms with E-state index in [4.69, 9.17) is 4.42 Å². The van der Waals surface area contributed by atoms with Gasteiger partial charge < -0.3 is 9.73 Å². The lowest BCUT2D eigenvalue weighted by Gasteiger charge is -2.12. The minimum Gasteiger partial charge on any atom is -0.408 e. The average molecular weight is 340 g/mol. The number of para-hydroxylation sites is 2. The first-order valence-electron chi connectivity index (χ1n) is 8.52. The molecule has 130 valence electrons. The Bertz CT molecular complexity index is 996. The van der Waals surface area contributed by atoms with Gasteiger partial charge in [0, 0.05) is 12.7 Å². The van der Waals surface area contributed by atoms with Crippen molar-refractivity contribution >= 4 is 17.0 Å². The van der Waals surface area contributed by atoms with E-state index in [1.54, 1.807) is 18.2 Å². The fourth-order valence-electron chi connectivity index (χ4n) is 3.55. The fourth-order valence-corrected chi connectivity index (χ4v) is 3.55. The quantitative estimate of drug-likeness (QED) is 0.781. The van der Waals surface area contributed by atoms with Crippen LogP contribution in [0.2, 0.25) is 0 Å². The maximum absolute atomic E-state index is 12.3. The van der Waals surface area contributed by atoms with E-state index in [2.05, 4.69) is 10.4 Å². The van der Waals surface area contributed by atoms with Gasteiger partial charge in [-0.3, -0.25) is 14.0 Å². The SMILES string of the molecule is Cn1nc(CNC(=O)Cn2c(=O)oc3ccccc32)c2c1CCCC2. The average Bonchev–Trinajstić information content (AvgIpc) is 3.11. The summed E-state index contributed by atoms with van der Waals surface area (Å²) in [6, 6.07) is 7.08. The van der Waals surface area contributed by atoms with Gasteiger partial charge in [-0.25, -0.2) is 4.79 Å².